The highest BCUT2D eigenvalue weighted by Crippen LogP contribution is 2.67. The van der Waals surface area contributed by atoms with Crippen LogP contribution in [0.1, 0.15) is 78.6 Å². The van der Waals surface area contributed by atoms with Gasteiger partial charge in [0, 0.05) is 12.1 Å². The Morgan fingerprint density at radius 3 is 2.30 bits per heavy atom. The monoisotopic (exact) mass is 318 g/mol. The fourth-order valence-corrected chi connectivity index (χ4v) is 8.20. The van der Waals surface area contributed by atoms with Gasteiger partial charge in [-0.25, -0.2) is 0 Å². The van der Waals surface area contributed by atoms with Crippen molar-refractivity contribution >= 4 is 0 Å². The Labute approximate surface area is 143 Å². The molecule has 23 heavy (non-hydrogen) atoms. The zero-order valence-electron chi connectivity index (χ0n) is 15.6. The zero-order chi connectivity index (χ0) is 16.4. The van der Waals surface area contributed by atoms with Crippen LogP contribution in [0.4, 0.5) is 0 Å². The molecule has 4 saturated carbocycles. The molecule has 0 aliphatic heterocycles. The Kier molecular flexibility index (Phi) is 3.89. The van der Waals surface area contributed by atoms with Crippen LogP contribution in [-0.4, -0.2) is 12.1 Å². The Hall–Kier alpha value is -0.0800. The molecule has 0 amide bonds. The normalized spacial score (nSPS) is 57.3. The molecule has 4 N–H and O–H groups in total. The van der Waals surface area contributed by atoms with Gasteiger partial charge in [0.15, 0.2) is 0 Å². The summed E-state index contributed by atoms with van der Waals surface area (Å²) in [6.07, 6.45) is 12.6. The molecular formula is C21H38N2. The molecule has 0 aromatic heterocycles. The maximum absolute atomic E-state index is 6.39. The molecule has 132 valence electrons. The van der Waals surface area contributed by atoms with Gasteiger partial charge in [-0.3, -0.25) is 0 Å². The van der Waals surface area contributed by atoms with E-state index < -0.39 is 0 Å². The van der Waals surface area contributed by atoms with Gasteiger partial charge in [0.2, 0.25) is 0 Å². The highest BCUT2D eigenvalue weighted by atomic mass is 14.7. The summed E-state index contributed by atoms with van der Waals surface area (Å²) >= 11 is 0. The van der Waals surface area contributed by atoms with Gasteiger partial charge in [-0.15, -0.1) is 0 Å². The van der Waals surface area contributed by atoms with Crippen molar-refractivity contribution in [2.75, 3.05) is 0 Å². The van der Waals surface area contributed by atoms with Crippen molar-refractivity contribution in [1.29, 1.82) is 0 Å². The molecule has 0 radical (unpaired) electrons. The fourth-order valence-electron chi connectivity index (χ4n) is 8.20. The van der Waals surface area contributed by atoms with Crippen LogP contribution in [-0.2, 0) is 0 Å². The van der Waals surface area contributed by atoms with Gasteiger partial charge < -0.3 is 11.5 Å². The molecular weight excluding hydrogens is 280 g/mol. The molecule has 4 fully saturated rings. The highest BCUT2D eigenvalue weighted by molar-refractivity contribution is 5.10. The molecule has 0 spiro atoms. The summed E-state index contributed by atoms with van der Waals surface area (Å²) in [6, 6.07) is 0.855. The molecule has 0 aromatic rings. The lowest BCUT2D eigenvalue weighted by molar-refractivity contribution is -0.114. The van der Waals surface area contributed by atoms with Crippen molar-refractivity contribution in [3.63, 3.8) is 0 Å². The standard InChI is InChI=1S/C21H38N2/c1-13(22)17-6-7-18-16-5-4-14-12-15(23)8-10-20(14,2)19(16)9-11-21(17,18)3/h13-19H,4-12,22-23H2,1-3H3/t13-,14-,15-,16-,17+,18-,19+,20-,21+/m0/s1. The van der Waals surface area contributed by atoms with Gasteiger partial charge in [0.05, 0.1) is 0 Å². The number of hydrogen-bond donors (Lipinski definition) is 2. The third-order valence-corrected chi connectivity index (χ3v) is 9.41. The molecule has 4 rings (SSSR count). The highest BCUT2D eigenvalue weighted by Gasteiger charge is 2.60. The van der Waals surface area contributed by atoms with Crippen LogP contribution in [0.15, 0.2) is 0 Å². The molecule has 2 nitrogen and oxygen atoms in total. The van der Waals surface area contributed by atoms with Crippen LogP contribution in [0, 0.1) is 40.4 Å². The summed E-state index contributed by atoms with van der Waals surface area (Å²) in [6.45, 7) is 7.49. The largest absolute Gasteiger partial charge is 0.328 e. The molecule has 0 saturated heterocycles. The van der Waals surface area contributed by atoms with E-state index in [0.29, 0.717) is 22.9 Å². The van der Waals surface area contributed by atoms with E-state index in [2.05, 4.69) is 20.8 Å². The Balaban J connectivity index is 1.60. The van der Waals surface area contributed by atoms with Crippen molar-refractivity contribution in [3.05, 3.63) is 0 Å². The SMILES string of the molecule is C[C@H](N)[C@H]1CC[C@H]2[C@@H]3CC[C@H]4C[C@@H](N)CC[C@]4(C)[C@@H]3CC[C@]12C. The summed E-state index contributed by atoms with van der Waals surface area (Å²) in [4.78, 5) is 0. The smallest absolute Gasteiger partial charge is 0.00440 e. The molecule has 0 unspecified atom stereocenters. The summed E-state index contributed by atoms with van der Waals surface area (Å²) in [7, 11) is 0. The predicted octanol–water partition coefficient (Wildman–Crippen LogP) is 4.32. The second kappa shape index (κ2) is 5.46. The first-order chi connectivity index (χ1) is 10.9. The zero-order valence-corrected chi connectivity index (χ0v) is 15.6. The van der Waals surface area contributed by atoms with Gasteiger partial charge in [0.25, 0.3) is 0 Å². The van der Waals surface area contributed by atoms with Crippen LogP contribution in [0.25, 0.3) is 0 Å². The second-order valence-electron chi connectivity index (χ2n) is 10.3. The summed E-state index contributed by atoms with van der Waals surface area (Å²) < 4.78 is 0. The number of fused-ring (bicyclic) bond motifs is 5. The summed E-state index contributed by atoms with van der Waals surface area (Å²) in [5.74, 6) is 4.57. The van der Waals surface area contributed by atoms with E-state index in [0.717, 1.165) is 29.6 Å². The van der Waals surface area contributed by atoms with Crippen molar-refractivity contribution < 1.29 is 0 Å². The maximum atomic E-state index is 6.39. The maximum Gasteiger partial charge on any atom is 0.00440 e. The Morgan fingerprint density at radius 2 is 1.57 bits per heavy atom. The topological polar surface area (TPSA) is 52.0 Å². The second-order valence-corrected chi connectivity index (χ2v) is 10.3. The lowest BCUT2D eigenvalue weighted by Gasteiger charge is -2.61. The first kappa shape index (κ1) is 16.4. The minimum Gasteiger partial charge on any atom is -0.328 e. The van der Waals surface area contributed by atoms with E-state index in [9.17, 15) is 0 Å². The van der Waals surface area contributed by atoms with Crippen molar-refractivity contribution in [2.24, 2.45) is 51.9 Å². The Morgan fingerprint density at radius 1 is 0.870 bits per heavy atom. The molecule has 4 aliphatic rings. The van der Waals surface area contributed by atoms with E-state index in [1.165, 1.54) is 57.8 Å². The molecule has 9 atom stereocenters. The van der Waals surface area contributed by atoms with E-state index in [1.54, 1.807) is 0 Å². The number of nitrogens with two attached hydrogens (primary N) is 2. The predicted molar refractivity (Wildman–Crippen MR) is 96.8 cm³/mol. The van der Waals surface area contributed by atoms with Crippen LogP contribution >= 0.6 is 0 Å². The van der Waals surface area contributed by atoms with E-state index in [4.69, 9.17) is 11.5 Å². The van der Waals surface area contributed by atoms with Gasteiger partial charge in [-0.05, 0) is 105 Å². The number of rotatable bonds is 1. The van der Waals surface area contributed by atoms with Crippen LogP contribution < -0.4 is 11.5 Å². The van der Waals surface area contributed by atoms with Crippen molar-refractivity contribution in [1.82, 2.24) is 0 Å². The average molecular weight is 319 g/mol. The molecule has 2 heteroatoms. The lowest BCUT2D eigenvalue weighted by atomic mass is 9.44. The van der Waals surface area contributed by atoms with Gasteiger partial charge in [0.1, 0.15) is 0 Å². The van der Waals surface area contributed by atoms with Gasteiger partial charge in [-0.2, -0.15) is 0 Å². The minimum atomic E-state index is 0.376. The third-order valence-electron chi connectivity index (χ3n) is 9.41. The third kappa shape index (κ3) is 2.27. The number of hydrogen-bond acceptors (Lipinski definition) is 2. The first-order valence-corrected chi connectivity index (χ1v) is 10.4. The van der Waals surface area contributed by atoms with Crippen LogP contribution in [0.2, 0.25) is 0 Å². The van der Waals surface area contributed by atoms with E-state index >= 15 is 0 Å². The minimum absolute atomic E-state index is 0.376. The molecule has 0 heterocycles. The summed E-state index contributed by atoms with van der Waals surface area (Å²) in [5, 5.41) is 0. The Bertz CT molecular complexity index is 461. The van der Waals surface area contributed by atoms with Gasteiger partial charge in [-0.1, -0.05) is 13.8 Å². The molecule has 0 aromatic carbocycles. The fraction of sp³-hybridized carbons (Fsp3) is 1.00. The summed E-state index contributed by atoms with van der Waals surface area (Å²) in [5.41, 5.74) is 13.8. The van der Waals surface area contributed by atoms with Gasteiger partial charge >= 0.3 is 0 Å². The first-order valence-electron chi connectivity index (χ1n) is 10.4. The molecule has 0 bridgehead atoms. The van der Waals surface area contributed by atoms with Crippen molar-refractivity contribution in [3.8, 4) is 0 Å². The lowest BCUT2D eigenvalue weighted by Crippen LogP contribution is -2.55. The van der Waals surface area contributed by atoms with Crippen LogP contribution in [0.3, 0.4) is 0 Å². The van der Waals surface area contributed by atoms with Crippen LogP contribution in [0.5, 0.6) is 0 Å². The quantitative estimate of drug-likeness (QED) is 0.756. The molecule has 4 aliphatic carbocycles. The van der Waals surface area contributed by atoms with E-state index in [1.807, 2.05) is 0 Å². The van der Waals surface area contributed by atoms with Crippen molar-refractivity contribution in [2.45, 2.75) is 90.6 Å². The van der Waals surface area contributed by atoms with E-state index in [-0.39, 0.29) is 0 Å². The average Bonchev–Trinajstić information content (AvgIpc) is 2.85.